The van der Waals surface area contributed by atoms with Crippen LogP contribution >= 0.6 is 11.6 Å². The lowest BCUT2D eigenvalue weighted by atomic mass is 9.81. The highest BCUT2D eigenvalue weighted by Gasteiger charge is 2.61. The highest BCUT2D eigenvalue weighted by molar-refractivity contribution is 6.31. The number of imide groups is 1. The topological polar surface area (TPSA) is 88.7 Å². The third-order valence-corrected chi connectivity index (χ3v) is 6.96. The van der Waals surface area contributed by atoms with Crippen LogP contribution in [-0.4, -0.2) is 49.6 Å². The van der Waals surface area contributed by atoms with Crippen LogP contribution in [0.15, 0.2) is 42.5 Å². The molecule has 2 aromatic carbocycles. The van der Waals surface area contributed by atoms with E-state index in [1.165, 1.54) is 4.90 Å². The number of halogens is 1. The number of phenolic OH excluding ortho intramolecular Hbond substituents is 1. The molecule has 8 heteroatoms. The van der Waals surface area contributed by atoms with E-state index in [1.54, 1.807) is 23.1 Å². The smallest absolute Gasteiger partial charge is 0.329 e. The van der Waals surface area contributed by atoms with Gasteiger partial charge in [-0.2, -0.15) is 0 Å². The number of urea groups is 1. The van der Waals surface area contributed by atoms with Crippen LogP contribution in [-0.2, 0) is 11.2 Å². The lowest BCUT2D eigenvalue weighted by molar-refractivity contribution is -0.134. The summed E-state index contributed by atoms with van der Waals surface area (Å²) in [6, 6.07) is 11.7. The van der Waals surface area contributed by atoms with Crippen molar-refractivity contribution in [3.63, 3.8) is 0 Å². The lowest BCUT2D eigenvalue weighted by Gasteiger charge is -2.42. The number of phenols is 1. The molecule has 1 saturated heterocycles. The van der Waals surface area contributed by atoms with Crippen molar-refractivity contribution in [2.75, 3.05) is 0 Å². The third kappa shape index (κ3) is 3.21. The molecule has 3 amide bonds. The average molecular weight is 467 g/mol. The van der Waals surface area contributed by atoms with E-state index in [2.05, 4.69) is 10.3 Å². The first-order chi connectivity index (χ1) is 15.6. The number of hydrogen-bond acceptors (Lipinski definition) is 4. The molecule has 2 aliphatic rings. The number of rotatable bonds is 4. The number of aromatic amines is 1. The molecule has 5 rings (SSSR count). The van der Waals surface area contributed by atoms with Crippen LogP contribution in [0.4, 0.5) is 4.79 Å². The van der Waals surface area contributed by atoms with Gasteiger partial charge in [0.1, 0.15) is 17.3 Å². The van der Waals surface area contributed by atoms with Crippen molar-refractivity contribution in [2.24, 2.45) is 0 Å². The molecule has 0 spiro atoms. The zero-order valence-corrected chi connectivity index (χ0v) is 19.8. The van der Waals surface area contributed by atoms with Gasteiger partial charge in [0.2, 0.25) is 0 Å². The fourth-order valence-electron chi connectivity index (χ4n) is 5.38. The Balaban J connectivity index is 1.73. The minimum Gasteiger partial charge on any atom is -0.508 e. The molecule has 1 fully saturated rings. The number of amides is 3. The quantitative estimate of drug-likeness (QED) is 0.492. The molecular formula is C25H27ClN4O3. The molecule has 3 N–H and O–H groups in total. The maximum absolute atomic E-state index is 13.8. The summed E-state index contributed by atoms with van der Waals surface area (Å²) in [6.45, 7) is 7.62. The summed E-state index contributed by atoms with van der Waals surface area (Å²) in [5.74, 6) is -0.134. The number of nitrogens with zero attached hydrogens (tertiary/aromatic N) is 2. The van der Waals surface area contributed by atoms with Crippen LogP contribution in [0.1, 0.15) is 50.6 Å². The Labute approximate surface area is 197 Å². The molecule has 3 heterocycles. The highest BCUT2D eigenvalue weighted by Crippen LogP contribution is 2.49. The molecule has 0 radical (unpaired) electrons. The van der Waals surface area contributed by atoms with Crippen LogP contribution in [0.25, 0.3) is 10.9 Å². The summed E-state index contributed by atoms with van der Waals surface area (Å²) in [5, 5.41) is 15.0. The first kappa shape index (κ1) is 21.8. The Morgan fingerprint density at radius 1 is 1.18 bits per heavy atom. The first-order valence-corrected chi connectivity index (χ1v) is 11.5. The molecule has 3 atom stereocenters. The first-order valence-electron chi connectivity index (χ1n) is 11.1. The van der Waals surface area contributed by atoms with E-state index in [0.29, 0.717) is 11.4 Å². The van der Waals surface area contributed by atoms with Gasteiger partial charge in [-0.05, 0) is 69.2 Å². The van der Waals surface area contributed by atoms with Gasteiger partial charge in [0.15, 0.2) is 0 Å². The Kier molecular flexibility index (Phi) is 4.95. The summed E-state index contributed by atoms with van der Waals surface area (Å²) < 4.78 is 0. The van der Waals surface area contributed by atoms with E-state index >= 15 is 0 Å². The second kappa shape index (κ2) is 7.50. The molecule has 2 aliphatic heterocycles. The summed E-state index contributed by atoms with van der Waals surface area (Å²) in [4.78, 5) is 34.1. The highest BCUT2D eigenvalue weighted by atomic mass is 35.5. The van der Waals surface area contributed by atoms with Gasteiger partial charge in [0.25, 0.3) is 5.91 Å². The van der Waals surface area contributed by atoms with Crippen molar-refractivity contribution in [1.82, 2.24) is 20.1 Å². The monoisotopic (exact) mass is 466 g/mol. The zero-order chi connectivity index (χ0) is 23.7. The van der Waals surface area contributed by atoms with Gasteiger partial charge in [0.05, 0.1) is 6.17 Å². The largest absolute Gasteiger partial charge is 0.508 e. The molecule has 7 nitrogen and oxygen atoms in total. The van der Waals surface area contributed by atoms with E-state index in [1.807, 2.05) is 52.0 Å². The van der Waals surface area contributed by atoms with Crippen molar-refractivity contribution < 1.29 is 14.7 Å². The van der Waals surface area contributed by atoms with Crippen LogP contribution in [0, 0.1) is 0 Å². The molecule has 0 saturated carbocycles. The van der Waals surface area contributed by atoms with Crippen LogP contribution in [0.5, 0.6) is 5.75 Å². The minimum atomic E-state index is -1.08. The third-order valence-electron chi connectivity index (χ3n) is 6.73. The normalized spacial score (nSPS) is 23.4. The van der Waals surface area contributed by atoms with Gasteiger partial charge < -0.3 is 10.1 Å². The molecular weight excluding hydrogens is 440 g/mol. The fourth-order valence-corrected chi connectivity index (χ4v) is 5.55. The lowest BCUT2D eigenvalue weighted by Crippen LogP contribution is -2.54. The number of hydrogen-bond donors (Lipinski definition) is 3. The van der Waals surface area contributed by atoms with Gasteiger partial charge in [-0.1, -0.05) is 23.7 Å². The van der Waals surface area contributed by atoms with E-state index in [4.69, 9.17) is 11.6 Å². The predicted molar refractivity (Wildman–Crippen MR) is 127 cm³/mol. The second-order valence-corrected chi connectivity index (χ2v) is 9.92. The number of fused-ring (bicyclic) bond motifs is 4. The molecule has 33 heavy (non-hydrogen) atoms. The number of aromatic hydroxyl groups is 1. The van der Waals surface area contributed by atoms with Gasteiger partial charge in [-0.25, -0.2) is 9.69 Å². The van der Waals surface area contributed by atoms with E-state index in [9.17, 15) is 14.7 Å². The Bertz CT molecular complexity index is 1290. The number of nitrogens with one attached hydrogen (secondary N) is 2. The number of H-pyrrole nitrogens is 1. The minimum absolute atomic E-state index is 0.102. The Morgan fingerprint density at radius 2 is 1.94 bits per heavy atom. The predicted octanol–water partition coefficient (Wildman–Crippen LogP) is 4.54. The van der Waals surface area contributed by atoms with Gasteiger partial charge in [-0.15, -0.1) is 0 Å². The average Bonchev–Trinajstić information content (AvgIpc) is 3.18. The summed E-state index contributed by atoms with van der Waals surface area (Å²) in [5.41, 5.74) is 2.35. The molecule has 3 aromatic rings. The van der Waals surface area contributed by atoms with Crippen LogP contribution in [0.2, 0.25) is 5.02 Å². The number of benzene rings is 2. The number of aromatic nitrogens is 1. The van der Waals surface area contributed by atoms with Crippen LogP contribution in [0.3, 0.4) is 0 Å². The Hall–Kier alpha value is -3.03. The fraction of sp³-hybridized carbons (Fsp3) is 0.360. The van der Waals surface area contributed by atoms with Crippen LogP contribution < -0.4 is 5.32 Å². The van der Waals surface area contributed by atoms with Crippen molar-refractivity contribution in [3.8, 4) is 5.75 Å². The standard InChI is InChI=1S/C25H27ClN4O3/c1-13(2)27-14(3)29-23(32)25(4)12-19-18-11-16(26)8-9-20(18)28-21(19)22(30(25)24(29)33)15-6-5-7-17(31)10-15/h5-11,13-14,22,27-28,31H,12H2,1-4H3/t14?,22-,25+/m1/s1. The van der Waals surface area contributed by atoms with Crippen molar-refractivity contribution >= 4 is 34.4 Å². The van der Waals surface area contributed by atoms with Gasteiger partial charge in [-0.3, -0.25) is 15.0 Å². The SMILES string of the molecule is CC(C)NC(C)N1C(=O)N2[C@H](c3cccc(O)c3)c3[nH]c4ccc(Cl)cc4c3C[C@@]2(C)C1=O. The maximum atomic E-state index is 13.8. The number of carbonyl (C=O) groups is 2. The summed E-state index contributed by atoms with van der Waals surface area (Å²) in [7, 11) is 0. The maximum Gasteiger partial charge on any atom is 0.329 e. The van der Waals surface area contributed by atoms with Gasteiger partial charge in [0, 0.05) is 34.1 Å². The second-order valence-electron chi connectivity index (χ2n) is 9.48. The van der Waals surface area contributed by atoms with Gasteiger partial charge >= 0.3 is 6.03 Å². The zero-order valence-electron chi connectivity index (χ0n) is 19.0. The molecule has 172 valence electrons. The molecule has 1 unspecified atom stereocenters. The van der Waals surface area contributed by atoms with Crippen molar-refractivity contribution in [3.05, 3.63) is 64.3 Å². The van der Waals surface area contributed by atoms with Crippen molar-refractivity contribution in [2.45, 2.75) is 57.9 Å². The Morgan fingerprint density at radius 3 is 2.64 bits per heavy atom. The van der Waals surface area contributed by atoms with E-state index < -0.39 is 17.7 Å². The summed E-state index contributed by atoms with van der Waals surface area (Å²) >= 11 is 6.31. The van der Waals surface area contributed by atoms with E-state index in [0.717, 1.165) is 27.7 Å². The summed E-state index contributed by atoms with van der Waals surface area (Å²) in [6.07, 6.45) is -0.0882. The van der Waals surface area contributed by atoms with Crippen molar-refractivity contribution in [1.29, 1.82) is 0 Å². The number of carbonyl (C=O) groups excluding carboxylic acids is 2. The molecule has 0 aliphatic carbocycles. The molecule has 1 aromatic heterocycles. The molecule has 0 bridgehead atoms. The van der Waals surface area contributed by atoms with E-state index in [-0.39, 0.29) is 23.7 Å².